The van der Waals surface area contributed by atoms with Gasteiger partial charge in [-0.05, 0) is 61.0 Å². The van der Waals surface area contributed by atoms with Crippen molar-refractivity contribution in [2.24, 2.45) is 0 Å². The molecule has 0 aliphatic rings. The van der Waals surface area contributed by atoms with Crippen LogP contribution in [0.25, 0.3) is 21.5 Å². The van der Waals surface area contributed by atoms with E-state index in [0.717, 1.165) is 22.7 Å². The molecule has 1 radical (unpaired) electrons. The molecular formula is C34H28N2+. The predicted molar refractivity (Wildman–Crippen MR) is 154 cm³/mol. The highest BCUT2D eigenvalue weighted by atomic mass is 15.6. The number of benzene rings is 6. The van der Waals surface area contributed by atoms with Crippen molar-refractivity contribution in [2.45, 2.75) is 13.8 Å². The Kier molecular flexibility index (Phi) is 5.73. The first-order valence-corrected chi connectivity index (χ1v) is 12.4. The van der Waals surface area contributed by atoms with Crippen molar-refractivity contribution in [2.75, 3.05) is 5.01 Å². The zero-order valence-electron chi connectivity index (χ0n) is 20.6. The molecule has 0 saturated heterocycles. The summed E-state index contributed by atoms with van der Waals surface area (Å²) in [6.07, 6.45) is 0. The topological polar surface area (TPSA) is 9.14 Å². The van der Waals surface area contributed by atoms with E-state index in [1.54, 1.807) is 0 Å². The SMILES string of the molecule is Cc1ccc(N(c2ccc(C)cc2)[N+](c2cccc3ccccc23)c2cccc3ccccc23)cc1. The summed E-state index contributed by atoms with van der Waals surface area (Å²) in [5.74, 6) is 0. The largest absolute Gasteiger partial charge is 0.224 e. The molecule has 0 bridgehead atoms. The summed E-state index contributed by atoms with van der Waals surface area (Å²) in [5, 5.41) is 9.55. The van der Waals surface area contributed by atoms with Crippen molar-refractivity contribution < 1.29 is 0 Å². The second kappa shape index (κ2) is 9.33. The average molecular weight is 465 g/mol. The van der Waals surface area contributed by atoms with Gasteiger partial charge >= 0.3 is 0 Å². The Labute approximate surface area is 212 Å². The van der Waals surface area contributed by atoms with Crippen molar-refractivity contribution in [3.05, 3.63) is 145 Å². The van der Waals surface area contributed by atoms with Crippen molar-refractivity contribution >= 4 is 44.3 Å². The Morgan fingerprint density at radius 2 is 0.806 bits per heavy atom. The van der Waals surface area contributed by atoms with E-state index < -0.39 is 0 Å². The molecule has 0 aliphatic carbocycles. The van der Waals surface area contributed by atoms with Crippen LogP contribution in [0.1, 0.15) is 11.1 Å². The third kappa shape index (κ3) is 4.02. The van der Waals surface area contributed by atoms with E-state index in [1.807, 2.05) is 0 Å². The van der Waals surface area contributed by atoms with Gasteiger partial charge < -0.3 is 0 Å². The standard InChI is InChI=1S/C34H28N2/c1-25-17-21-29(22-18-25)35(30-23-19-26(2)20-24-30)36(33-15-7-11-27-9-3-5-13-31(27)33)34-16-8-12-28-10-4-6-14-32(28)34/h3-24H,1-2H3/q+1. The van der Waals surface area contributed by atoms with E-state index in [0.29, 0.717) is 0 Å². The summed E-state index contributed by atoms with van der Waals surface area (Å²) in [6, 6.07) is 47.9. The van der Waals surface area contributed by atoms with E-state index in [4.69, 9.17) is 0 Å². The summed E-state index contributed by atoms with van der Waals surface area (Å²) < 4.78 is 0. The van der Waals surface area contributed by atoms with Crippen molar-refractivity contribution in [3.8, 4) is 0 Å². The number of hydrazine groups is 1. The Bertz CT molecular complexity index is 1510. The van der Waals surface area contributed by atoms with Crippen LogP contribution in [0.2, 0.25) is 0 Å². The van der Waals surface area contributed by atoms with Gasteiger partial charge in [-0.2, -0.15) is 0 Å². The Morgan fingerprint density at radius 1 is 0.417 bits per heavy atom. The summed E-state index contributed by atoms with van der Waals surface area (Å²) in [5.41, 5.74) is 6.95. The molecule has 173 valence electrons. The monoisotopic (exact) mass is 464 g/mol. The van der Waals surface area contributed by atoms with Gasteiger partial charge in [-0.25, -0.2) is 0 Å². The normalized spacial score (nSPS) is 11.3. The van der Waals surface area contributed by atoms with Crippen molar-refractivity contribution in [1.29, 1.82) is 0 Å². The van der Waals surface area contributed by atoms with Gasteiger partial charge in [-0.3, -0.25) is 0 Å². The quantitative estimate of drug-likeness (QED) is 0.182. The van der Waals surface area contributed by atoms with E-state index in [1.165, 1.54) is 32.7 Å². The number of anilines is 4. The minimum atomic E-state index is 1.10. The van der Waals surface area contributed by atoms with Crippen molar-refractivity contribution in [3.63, 3.8) is 0 Å². The summed E-state index contributed by atoms with van der Waals surface area (Å²) in [6.45, 7) is 4.26. The van der Waals surface area contributed by atoms with Crippen LogP contribution < -0.4 is 10.0 Å². The van der Waals surface area contributed by atoms with Crippen molar-refractivity contribution in [1.82, 2.24) is 5.01 Å². The van der Waals surface area contributed by atoms with Crippen LogP contribution in [-0.4, -0.2) is 0 Å². The van der Waals surface area contributed by atoms with Gasteiger partial charge in [0, 0.05) is 17.1 Å². The molecule has 36 heavy (non-hydrogen) atoms. The fourth-order valence-corrected chi connectivity index (χ4v) is 4.88. The Morgan fingerprint density at radius 3 is 1.25 bits per heavy atom. The number of hydrogen-bond donors (Lipinski definition) is 0. The summed E-state index contributed by atoms with van der Waals surface area (Å²) >= 11 is 0. The summed E-state index contributed by atoms with van der Waals surface area (Å²) in [4.78, 5) is 0. The molecule has 0 aromatic heterocycles. The first-order chi connectivity index (χ1) is 17.7. The first-order valence-electron chi connectivity index (χ1n) is 12.4. The molecule has 0 aliphatic heterocycles. The lowest BCUT2D eigenvalue weighted by Crippen LogP contribution is -2.37. The van der Waals surface area contributed by atoms with E-state index in [2.05, 4.69) is 157 Å². The summed E-state index contributed by atoms with van der Waals surface area (Å²) in [7, 11) is 0. The third-order valence-electron chi connectivity index (χ3n) is 6.75. The molecule has 2 heteroatoms. The lowest BCUT2D eigenvalue weighted by atomic mass is 10.1. The highest BCUT2D eigenvalue weighted by molar-refractivity contribution is 5.99. The first kappa shape index (κ1) is 22.1. The fourth-order valence-electron chi connectivity index (χ4n) is 4.88. The zero-order chi connectivity index (χ0) is 24.5. The number of rotatable bonds is 5. The zero-order valence-corrected chi connectivity index (χ0v) is 20.6. The molecule has 6 rings (SSSR count). The van der Waals surface area contributed by atoms with Crippen LogP contribution >= 0.6 is 0 Å². The number of nitrogens with zero attached hydrogens (tertiary/aromatic N) is 2. The molecule has 0 fully saturated rings. The fraction of sp³-hybridized carbons (Fsp3) is 0.0588. The van der Waals surface area contributed by atoms with Crippen LogP contribution in [0.5, 0.6) is 0 Å². The molecular weight excluding hydrogens is 436 g/mol. The third-order valence-corrected chi connectivity index (χ3v) is 6.75. The molecule has 6 aromatic carbocycles. The molecule has 0 spiro atoms. The molecule has 0 N–H and O–H groups in total. The predicted octanol–water partition coefficient (Wildman–Crippen LogP) is 9.47. The van der Waals surface area contributed by atoms with E-state index in [9.17, 15) is 0 Å². The van der Waals surface area contributed by atoms with Gasteiger partial charge in [-0.15, -0.1) is 5.01 Å². The van der Waals surface area contributed by atoms with Crippen LogP contribution in [0.15, 0.2) is 133 Å². The van der Waals surface area contributed by atoms with Gasteiger partial charge in [0.1, 0.15) is 11.4 Å². The van der Waals surface area contributed by atoms with Gasteiger partial charge in [0.25, 0.3) is 0 Å². The number of aryl methyl sites for hydroxylation is 2. The molecule has 0 saturated carbocycles. The van der Waals surface area contributed by atoms with Gasteiger partial charge in [0.05, 0.1) is 10.8 Å². The lowest BCUT2D eigenvalue weighted by Gasteiger charge is -2.27. The van der Waals surface area contributed by atoms with Crippen LogP contribution in [0, 0.1) is 13.8 Å². The van der Waals surface area contributed by atoms with Crippen LogP contribution in [-0.2, 0) is 0 Å². The highest BCUT2D eigenvalue weighted by Gasteiger charge is 2.36. The maximum Gasteiger partial charge on any atom is 0.224 e. The second-order valence-electron chi connectivity index (χ2n) is 9.29. The lowest BCUT2D eigenvalue weighted by molar-refractivity contribution is 0.713. The number of fused-ring (bicyclic) bond motifs is 2. The van der Waals surface area contributed by atoms with Gasteiger partial charge in [-0.1, -0.05) is 96.1 Å². The molecule has 0 amide bonds. The molecule has 0 unspecified atom stereocenters. The molecule has 0 heterocycles. The smallest absolute Gasteiger partial charge is 0.131 e. The maximum atomic E-state index is 2.38. The number of hydrogen-bond acceptors (Lipinski definition) is 2. The van der Waals surface area contributed by atoms with Crippen LogP contribution in [0.4, 0.5) is 22.7 Å². The minimum Gasteiger partial charge on any atom is -0.131 e. The minimum absolute atomic E-state index is 1.10. The average Bonchev–Trinajstić information content (AvgIpc) is 2.93. The van der Waals surface area contributed by atoms with Crippen LogP contribution in [0.3, 0.4) is 0 Å². The van der Waals surface area contributed by atoms with Gasteiger partial charge in [0.2, 0.25) is 11.4 Å². The van der Waals surface area contributed by atoms with E-state index in [-0.39, 0.29) is 0 Å². The Balaban J connectivity index is 1.70. The van der Waals surface area contributed by atoms with E-state index >= 15 is 0 Å². The van der Waals surface area contributed by atoms with Gasteiger partial charge in [0.15, 0.2) is 0 Å². The maximum absolute atomic E-state index is 2.38. The highest BCUT2D eigenvalue weighted by Crippen LogP contribution is 2.41. The second-order valence-corrected chi connectivity index (χ2v) is 9.29. The molecule has 2 nitrogen and oxygen atoms in total. The Hall–Kier alpha value is -4.40. The molecule has 6 aromatic rings. The molecule has 0 atom stereocenters.